The maximum atomic E-state index is 12.4. The number of hydrogen-bond donors (Lipinski definition) is 2. The first-order valence-electron chi connectivity index (χ1n) is 8.66. The van der Waals surface area contributed by atoms with Gasteiger partial charge in [0, 0.05) is 17.0 Å². The Morgan fingerprint density at radius 1 is 1.08 bits per heavy atom. The van der Waals surface area contributed by atoms with E-state index in [1.165, 1.54) is 17.8 Å². The van der Waals surface area contributed by atoms with E-state index in [9.17, 15) is 9.59 Å². The SMILES string of the molecule is O=C(Nc1nc(C(=O)NC2CCCCC2)cs1)c1ccc2c(c1)OCO2. The van der Waals surface area contributed by atoms with Gasteiger partial charge in [0.05, 0.1) is 0 Å². The summed E-state index contributed by atoms with van der Waals surface area (Å²) >= 11 is 1.23. The molecule has 2 N–H and O–H groups in total. The number of carbonyl (C=O) groups excluding carboxylic acids is 2. The molecule has 2 amide bonds. The van der Waals surface area contributed by atoms with Gasteiger partial charge in [-0.25, -0.2) is 4.98 Å². The summed E-state index contributed by atoms with van der Waals surface area (Å²) in [6.45, 7) is 0.159. The summed E-state index contributed by atoms with van der Waals surface area (Å²) < 4.78 is 10.5. The Balaban J connectivity index is 1.38. The number of amides is 2. The molecule has 1 aliphatic carbocycles. The van der Waals surface area contributed by atoms with Crippen molar-refractivity contribution < 1.29 is 19.1 Å². The van der Waals surface area contributed by atoms with E-state index in [4.69, 9.17) is 9.47 Å². The van der Waals surface area contributed by atoms with E-state index in [2.05, 4.69) is 15.6 Å². The van der Waals surface area contributed by atoms with Crippen molar-refractivity contribution in [3.8, 4) is 11.5 Å². The second kappa shape index (κ2) is 7.33. The first-order chi connectivity index (χ1) is 12.7. The molecule has 1 fully saturated rings. The molecule has 0 radical (unpaired) electrons. The third kappa shape index (κ3) is 3.65. The fourth-order valence-electron chi connectivity index (χ4n) is 3.15. The van der Waals surface area contributed by atoms with Crippen LogP contribution in [0.2, 0.25) is 0 Å². The molecule has 2 aromatic rings. The number of thiazole rings is 1. The number of fused-ring (bicyclic) bond motifs is 1. The van der Waals surface area contributed by atoms with Gasteiger partial charge in [0.1, 0.15) is 5.69 Å². The van der Waals surface area contributed by atoms with Crippen LogP contribution >= 0.6 is 11.3 Å². The van der Waals surface area contributed by atoms with E-state index in [1.807, 2.05) is 0 Å². The number of nitrogens with zero attached hydrogens (tertiary/aromatic N) is 1. The maximum absolute atomic E-state index is 12.4. The lowest BCUT2D eigenvalue weighted by Gasteiger charge is -2.22. The van der Waals surface area contributed by atoms with E-state index in [0.717, 1.165) is 25.7 Å². The summed E-state index contributed by atoms with van der Waals surface area (Å²) in [6, 6.07) is 5.21. The number of aromatic nitrogens is 1. The molecular formula is C18H19N3O4S. The van der Waals surface area contributed by atoms with Crippen LogP contribution in [0.15, 0.2) is 23.6 Å². The quantitative estimate of drug-likeness (QED) is 0.859. The van der Waals surface area contributed by atoms with Crippen LogP contribution in [0.25, 0.3) is 0 Å². The van der Waals surface area contributed by atoms with Crippen molar-refractivity contribution >= 4 is 28.3 Å². The molecule has 1 aromatic carbocycles. The highest BCUT2D eigenvalue weighted by Gasteiger charge is 2.20. The largest absolute Gasteiger partial charge is 0.454 e. The zero-order valence-corrected chi connectivity index (χ0v) is 14.9. The van der Waals surface area contributed by atoms with Crippen molar-refractivity contribution in [2.45, 2.75) is 38.1 Å². The summed E-state index contributed by atoms with van der Waals surface area (Å²) in [5, 5.41) is 7.79. The van der Waals surface area contributed by atoms with E-state index >= 15 is 0 Å². The number of carbonyl (C=O) groups is 2. The first-order valence-corrected chi connectivity index (χ1v) is 9.54. The van der Waals surface area contributed by atoms with Gasteiger partial charge >= 0.3 is 0 Å². The van der Waals surface area contributed by atoms with Crippen molar-refractivity contribution in [3.63, 3.8) is 0 Å². The molecular weight excluding hydrogens is 354 g/mol. The molecule has 0 bridgehead atoms. The lowest BCUT2D eigenvalue weighted by molar-refractivity contribution is 0.0922. The molecule has 8 heteroatoms. The maximum Gasteiger partial charge on any atom is 0.271 e. The number of anilines is 1. The molecule has 2 aliphatic rings. The summed E-state index contributed by atoms with van der Waals surface area (Å²) in [4.78, 5) is 28.9. The molecule has 4 rings (SSSR count). The average molecular weight is 373 g/mol. The smallest absolute Gasteiger partial charge is 0.271 e. The standard InChI is InChI=1S/C18H19N3O4S/c22-16(11-6-7-14-15(8-11)25-10-24-14)21-18-20-13(9-26-18)17(23)19-12-4-2-1-3-5-12/h6-9,12H,1-5,10H2,(H,19,23)(H,20,21,22). The van der Waals surface area contributed by atoms with Gasteiger partial charge in [-0.1, -0.05) is 19.3 Å². The zero-order valence-electron chi connectivity index (χ0n) is 14.1. The highest BCUT2D eigenvalue weighted by molar-refractivity contribution is 7.14. The van der Waals surface area contributed by atoms with Crippen LogP contribution in [-0.2, 0) is 0 Å². The van der Waals surface area contributed by atoms with Crippen LogP contribution in [0.5, 0.6) is 11.5 Å². The highest BCUT2D eigenvalue weighted by Crippen LogP contribution is 2.32. The minimum absolute atomic E-state index is 0.159. The van der Waals surface area contributed by atoms with E-state index in [-0.39, 0.29) is 24.6 Å². The topological polar surface area (TPSA) is 89.6 Å². The van der Waals surface area contributed by atoms with Gasteiger partial charge in [0.2, 0.25) is 6.79 Å². The Bertz CT molecular complexity index is 830. The van der Waals surface area contributed by atoms with Gasteiger partial charge in [-0.2, -0.15) is 0 Å². The molecule has 1 aromatic heterocycles. The predicted octanol–water partition coefficient (Wildman–Crippen LogP) is 3.19. The number of rotatable bonds is 4. The van der Waals surface area contributed by atoms with E-state index in [1.54, 1.807) is 23.6 Å². The molecule has 26 heavy (non-hydrogen) atoms. The first kappa shape index (κ1) is 16.8. The number of ether oxygens (including phenoxy) is 2. The summed E-state index contributed by atoms with van der Waals surface area (Å²) in [6.07, 6.45) is 5.57. The number of benzene rings is 1. The van der Waals surface area contributed by atoms with Gasteiger partial charge in [-0.05, 0) is 31.0 Å². The van der Waals surface area contributed by atoms with Gasteiger partial charge in [-0.15, -0.1) is 11.3 Å². The Morgan fingerprint density at radius 2 is 1.88 bits per heavy atom. The Morgan fingerprint density at radius 3 is 2.73 bits per heavy atom. The fourth-order valence-corrected chi connectivity index (χ4v) is 3.83. The van der Waals surface area contributed by atoms with Gasteiger partial charge in [-0.3, -0.25) is 14.9 Å². The summed E-state index contributed by atoms with van der Waals surface area (Å²) in [5.41, 5.74) is 0.777. The minimum atomic E-state index is -0.308. The molecule has 0 atom stereocenters. The molecule has 136 valence electrons. The molecule has 2 heterocycles. The molecule has 1 saturated carbocycles. The van der Waals surface area contributed by atoms with Gasteiger partial charge < -0.3 is 14.8 Å². The van der Waals surface area contributed by atoms with E-state index < -0.39 is 0 Å². The zero-order chi connectivity index (χ0) is 17.9. The second-order valence-corrected chi connectivity index (χ2v) is 7.23. The fraction of sp³-hybridized carbons (Fsp3) is 0.389. The normalized spacial score (nSPS) is 16.3. The minimum Gasteiger partial charge on any atom is -0.454 e. The second-order valence-electron chi connectivity index (χ2n) is 6.37. The number of hydrogen-bond acceptors (Lipinski definition) is 6. The summed E-state index contributed by atoms with van der Waals surface area (Å²) in [5.74, 6) is 0.676. The predicted molar refractivity (Wildman–Crippen MR) is 97.0 cm³/mol. The van der Waals surface area contributed by atoms with Crippen molar-refractivity contribution in [1.82, 2.24) is 10.3 Å². The third-order valence-electron chi connectivity index (χ3n) is 4.53. The van der Waals surface area contributed by atoms with Gasteiger partial charge in [0.15, 0.2) is 16.6 Å². The Kier molecular flexibility index (Phi) is 4.75. The van der Waals surface area contributed by atoms with Crippen LogP contribution in [0.4, 0.5) is 5.13 Å². The van der Waals surface area contributed by atoms with Crippen LogP contribution in [0, 0.1) is 0 Å². The Hall–Kier alpha value is -2.61. The van der Waals surface area contributed by atoms with Crippen molar-refractivity contribution in [2.75, 3.05) is 12.1 Å². The third-order valence-corrected chi connectivity index (χ3v) is 5.29. The average Bonchev–Trinajstić information content (AvgIpc) is 3.31. The lowest BCUT2D eigenvalue weighted by atomic mass is 9.95. The van der Waals surface area contributed by atoms with Crippen molar-refractivity contribution in [2.24, 2.45) is 0 Å². The number of nitrogens with one attached hydrogen (secondary N) is 2. The molecule has 1 aliphatic heterocycles. The lowest BCUT2D eigenvalue weighted by Crippen LogP contribution is -2.36. The van der Waals surface area contributed by atoms with E-state index in [0.29, 0.717) is 27.9 Å². The summed E-state index contributed by atoms with van der Waals surface area (Å²) in [7, 11) is 0. The van der Waals surface area contributed by atoms with Crippen LogP contribution in [-0.4, -0.2) is 29.6 Å². The molecule has 0 saturated heterocycles. The van der Waals surface area contributed by atoms with Crippen LogP contribution < -0.4 is 20.1 Å². The molecule has 0 spiro atoms. The Labute approximate surface area is 154 Å². The van der Waals surface area contributed by atoms with Crippen LogP contribution in [0.1, 0.15) is 53.0 Å². The van der Waals surface area contributed by atoms with Gasteiger partial charge in [0.25, 0.3) is 11.8 Å². The molecule has 0 unspecified atom stereocenters. The van der Waals surface area contributed by atoms with Crippen molar-refractivity contribution in [1.29, 1.82) is 0 Å². The van der Waals surface area contributed by atoms with Crippen molar-refractivity contribution in [3.05, 3.63) is 34.8 Å². The molecule has 7 nitrogen and oxygen atoms in total. The van der Waals surface area contributed by atoms with Crippen LogP contribution in [0.3, 0.4) is 0 Å². The monoisotopic (exact) mass is 373 g/mol. The highest BCUT2D eigenvalue weighted by atomic mass is 32.1.